The van der Waals surface area contributed by atoms with Gasteiger partial charge in [-0.15, -0.1) is 0 Å². The van der Waals surface area contributed by atoms with E-state index in [1.165, 1.54) is 0 Å². The molecule has 6 rings (SSSR count). The van der Waals surface area contributed by atoms with E-state index in [0.717, 1.165) is 27.8 Å². The highest BCUT2D eigenvalue weighted by atomic mass is 16.6. The molecule has 2 aliphatic rings. The van der Waals surface area contributed by atoms with Gasteiger partial charge in [-0.2, -0.15) is 0 Å². The average molecular weight is 364 g/mol. The number of benzene rings is 4. The third-order valence-electron chi connectivity index (χ3n) is 5.57. The van der Waals surface area contributed by atoms with E-state index in [9.17, 15) is 5.11 Å². The molecule has 0 saturated carbocycles. The second kappa shape index (κ2) is 5.47. The largest absolute Gasteiger partial charge is 0.449 e. The first-order chi connectivity index (χ1) is 13.8. The predicted octanol–water partition coefficient (Wildman–Crippen LogP) is 5.85. The Balaban J connectivity index is 1.65. The number of hydrogen-bond acceptors (Lipinski definition) is 3. The van der Waals surface area contributed by atoms with Crippen LogP contribution in [-0.4, -0.2) is 5.11 Å². The zero-order valence-corrected chi connectivity index (χ0v) is 14.9. The molecule has 134 valence electrons. The molecule has 1 aliphatic carbocycles. The summed E-state index contributed by atoms with van der Waals surface area (Å²) in [6, 6.07) is 29.1. The molecule has 1 aliphatic heterocycles. The molecule has 0 saturated heterocycles. The second-order valence-electron chi connectivity index (χ2n) is 7.09. The van der Waals surface area contributed by atoms with E-state index in [1.807, 2.05) is 91.0 Å². The van der Waals surface area contributed by atoms with Crippen molar-refractivity contribution < 1.29 is 14.6 Å². The van der Waals surface area contributed by atoms with Gasteiger partial charge < -0.3 is 14.6 Å². The van der Waals surface area contributed by atoms with Crippen LogP contribution in [0.1, 0.15) is 16.7 Å². The van der Waals surface area contributed by atoms with Gasteiger partial charge in [0.1, 0.15) is 5.60 Å². The normalized spacial score (nSPS) is 18.2. The lowest BCUT2D eigenvalue weighted by atomic mass is 9.84. The highest BCUT2D eigenvalue weighted by Gasteiger charge is 2.45. The zero-order chi connectivity index (χ0) is 18.7. The van der Waals surface area contributed by atoms with Crippen molar-refractivity contribution in [2.75, 3.05) is 0 Å². The third-order valence-corrected chi connectivity index (χ3v) is 5.57. The molecule has 28 heavy (non-hydrogen) atoms. The van der Waals surface area contributed by atoms with E-state index < -0.39 is 5.60 Å². The minimum Gasteiger partial charge on any atom is -0.449 e. The van der Waals surface area contributed by atoms with E-state index in [1.54, 1.807) is 0 Å². The number of fused-ring (bicyclic) bond motifs is 6. The first-order valence-corrected chi connectivity index (χ1v) is 9.27. The molecule has 0 bridgehead atoms. The highest BCUT2D eigenvalue weighted by Crippen LogP contribution is 2.59. The number of para-hydroxylation sites is 2. The molecule has 1 heterocycles. The van der Waals surface area contributed by atoms with Crippen LogP contribution in [0.5, 0.6) is 23.0 Å². The number of rotatable bonds is 1. The molecule has 0 aromatic heterocycles. The summed E-state index contributed by atoms with van der Waals surface area (Å²) in [5.74, 6) is 2.68. The molecular weight excluding hydrogens is 348 g/mol. The molecule has 0 radical (unpaired) electrons. The molecule has 1 atom stereocenters. The lowest BCUT2D eigenvalue weighted by Gasteiger charge is -2.27. The Bertz CT molecular complexity index is 1230. The summed E-state index contributed by atoms with van der Waals surface area (Å²) in [5.41, 5.74) is 3.10. The van der Waals surface area contributed by atoms with Crippen LogP contribution in [-0.2, 0) is 5.60 Å². The topological polar surface area (TPSA) is 38.7 Å². The van der Waals surface area contributed by atoms with Gasteiger partial charge in [-0.25, -0.2) is 0 Å². The number of hydrogen-bond donors (Lipinski definition) is 1. The Morgan fingerprint density at radius 3 is 2.07 bits per heavy atom. The van der Waals surface area contributed by atoms with Crippen molar-refractivity contribution >= 4 is 0 Å². The maximum Gasteiger partial charge on any atom is 0.178 e. The molecule has 4 aromatic rings. The van der Waals surface area contributed by atoms with E-state index in [0.29, 0.717) is 23.0 Å². The average Bonchev–Trinajstić information content (AvgIpc) is 3.03. The van der Waals surface area contributed by atoms with Gasteiger partial charge in [0.05, 0.1) is 0 Å². The molecule has 4 aromatic carbocycles. The Labute approximate surface area is 162 Å². The van der Waals surface area contributed by atoms with E-state index in [4.69, 9.17) is 9.47 Å². The van der Waals surface area contributed by atoms with Crippen molar-refractivity contribution in [2.24, 2.45) is 0 Å². The summed E-state index contributed by atoms with van der Waals surface area (Å²) in [6.07, 6.45) is 0. The summed E-state index contributed by atoms with van der Waals surface area (Å²) >= 11 is 0. The SMILES string of the molecule is OC1(c2ccccc2)c2ccccc2-c2c1ccc1c2Oc2ccccc2O1. The predicted molar refractivity (Wildman–Crippen MR) is 107 cm³/mol. The van der Waals surface area contributed by atoms with E-state index >= 15 is 0 Å². The first kappa shape index (κ1) is 15.5. The van der Waals surface area contributed by atoms with Gasteiger partial charge in [-0.3, -0.25) is 0 Å². The van der Waals surface area contributed by atoms with Crippen LogP contribution in [0.25, 0.3) is 11.1 Å². The zero-order valence-electron chi connectivity index (χ0n) is 14.9. The van der Waals surface area contributed by atoms with E-state index in [-0.39, 0.29) is 0 Å². The van der Waals surface area contributed by atoms with Crippen LogP contribution in [0.3, 0.4) is 0 Å². The smallest absolute Gasteiger partial charge is 0.178 e. The standard InChI is InChI=1S/C25H16O3/c26-25(16-8-2-1-3-9-16)18-11-5-4-10-17(18)23-19(25)14-15-22-24(23)28-21-13-7-6-12-20(21)27-22/h1-15,26H. The summed E-state index contributed by atoms with van der Waals surface area (Å²) < 4.78 is 12.4. The fourth-order valence-electron chi connectivity index (χ4n) is 4.31. The van der Waals surface area contributed by atoms with Crippen LogP contribution in [0.15, 0.2) is 91.0 Å². The third kappa shape index (κ3) is 1.91. The Morgan fingerprint density at radius 2 is 1.25 bits per heavy atom. The second-order valence-corrected chi connectivity index (χ2v) is 7.09. The quantitative estimate of drug-likeness (QED) is 0.405. The van der Waals surface area contributed by atoms with Crippen molar-refractivity contribution in [2.45, 2.75) is 5.60 Å². The maximum atomic E-state index is 12.0. The molecule has 0 spiro atoms. The van der Waals surface area contributed by atoms with Gasteiger partial charge in [0.2, 0.25) is 0 Å². The Kier molecular flexibility index (Phi) is 3.03. The summed E-state index contributed by atoms with van der Waals surface area (Å²) in [6.45, 7) is 0. The fourth-order valence-corrected chi connectivity index (χ4v) is 4.31. The molecular formula is C25H16O3. The number of aliphatic hydroxyl groups is 1. The van der Waals surface area contributed by atoms with Crippen LogP contribution >= 0.6 is 0 Å². The lowest BCUT2D eigenvalue weighted by Crippen LogP contribution is -2.26. The van der Waals surface area contributed by atoms with Crippen molar-refractivity contribution in [1.29, 1.82) is 0 Å². The van der Waals surface area contributed by atoms with Crippen LogP contribution < -0.4 is 9.47 Å². The van der Waals surface area contributed by atoms with Crippen molar-refractivity contribution in [3.63, 3.8) is 0 Å². The highest BCUT2D eigenvalue weighted by molar-refractivity contribution is 5.89. The minimum atomic E-state index is -1.23. The van der Waals surface area contributed by atoms with Gasteiger partial charge in [-0.1, -0.05) is 72.8 Å². The Morgan fingerprint density at radius 1 is 0.571 bits per heavy atom. The summed E-state index contributed by atoms with van der Waals surface area (Å²) in [5, 5.41) is 12.0. The maximum absolute atomic E-state index is 12.0. The van der Waals surface area contributed by atoms with Gasteiger partial charge >= 0.3 is 0 Å². The molecule has 1 N–H and O–H groups in total. The molecule has 3 nitrogen and oxygen atoms in total. The van der Waals surface area contributed by atoms with Gasteiger partial charge in [0.15, 0.2) is 23.0 Å². The minimum absolute atomic E-state index is 0.649. The van der Waals surface area contributed by atoms with Gasteiger partial charge in [-0.05, 0) is 29.3 Å². The summed E-state index contributed by atoms with van der Waals surface area (Å²) in [7, 11) is 0. The van der Waals surface area contributed by atoms with Gasteiger partial charge in [0, 0.05) is 16.7 Å². The monoisotopic (exact) mass is 364 g/mol. The summed E-state index contributed by atoms with van der Waals surface area (Å²) in [4.78, 5) is 0. The van der Waals surface area contributed by atoms with E-state index in [2.05, 4.69) is 0 Å². The van der Waals surface area contributed by atoms with Crippen molar-refractivity contribution in [3.05, 3.63) is 108 Å². The number of ether oxygens (including phenoxy) is 2. The molecule has 3 heteroatoms. The molecule has 0 fully saturated rings. The van der Waals surface area contributed by atoms with Gasteiger partial charge in [0.25, 0.3) is 0 Å². The fraction of sp³-hybridized carbons (Fsp3) is 0.0400. The molecule has 1 unspecified atom stereocenters. The van der Waals surface area contributed by atoms with Crippen LogP contribution in [0.4, 0.5) is 0 Å². The Hall–Kier alpha value is -3.56. The van der Waals surface area contributed by atoms with Crippen molar-refractivity contribution in [3.8, 4) is 34.1 Å². The van der Waals surface area contributed by atoms with Crippen molar-refractivity contribution in [1.82, 2.24) is 0 Å². The van der Waals surface area contributed by atoms with Crippen LogP contribution in [0.2, 0.25) is 0 Å². The first-order valence-electron chi connectivity index (χ1n) is 9.27. The van der Waals surface area contributed by atoms with Crippen LogP contribution in [0, 0.1) is 0 Å². The lowest BCUT2D eigenvalue weighted by molar-refractivity contribution is 0.130. The molecule has 0 amide bonds.